The molecule has 23 heavy (non-hydrogen) atoms. The lowest BCUT2D eigenvalue weighted by Gasteiger charge is -2.41. The minimum absolute atomic E-state index is 0.0800. The number of carbonyl (C=O) groups is 2. The minimum Gasteiger partial charge on any atom is -0.444 e. The maximum absolute atomic E-state index is 12.5. The van der Waals surface area contributed by atoms with Crippen LogP contribution in [0, 0.1) is 0 Å². The average molecular weight is 328 g/mol. The highest BCUT2D eigenvalue weighted by molar-refractivity contribution is 5.75. The molecule has 0 radical (unpaired) electrons. The zero-order chi connectivity index (χ0) is 17.8. The summed E-state index contributed by atoms with van der Waals surface area (Å²) in [7, 11) is 2.01. The Kier molecular flexibility index (Phi) is 6.27. The third kappa shape index (κ3) is 7.54. The Morgan fingerprint density at radius 1 is 1.13 bits per heavy atom. The summed E-state index contributed by atoms with van der Waals surface area (Å²) in [5, 5.41) is 5.75. The number of hydrogen-bond acceptors (Lipinski definition) is 4. The lowest BCUT2D eigenvalue weighted by molar-refractivity contribution is 0.0484. The van der Waals surface area contributed by atoms with E-state index in [1.165, 1.54) is 0 Å². The van der Waals surface area contributed by atoms with Gasteiger partial charge in [-0.1, -0.05) is 0 Å². The van der Waals surface area contributed by atoms with E-state index in [1.54, 1.807) is 4.90 Å². The number of rotatable bonds is 2. The average Bonchev–Trinajstić information content (AvgIpc) is 2.32. The van der Waals surface area contributed by atoms with Crippen molar-refractivity contribution in [2.75, 3.05) is 33.2 Å². The third-order valence-corrected chi connectivity index (χ3v) is 3.31. The van der Waals surface area contributed by atoms with Crippen LogP contribution in [0.3, 0.4) is 0 Å². The highest BCUT2D eigenvalue weighted by Crippen LogP contribution is 2.11. The smallest absolute Gasteiger partial charge is 0.407 e. The van der Waals surface area contributed by atoms with Gasteiger partial charge in [-0.2, -0.15) is 0 Å². The zero-order valence-electron chi connectivity index (χ0n) is 15.5. The summed E-state index contributed by atoms with van der Waals surface area (Å²) in [5.41, 5.74) is -0.819. The number of alkyl carbamates (subject to hydrolysis) is 1. The molecule has 1 aliphatic heterocycles. The summed E-state index contributed by atoms with van der Waals surface area (Å²) in [5.74, 6) is 0. The Labute approximate surface area is 139 Å². The molecule has 1 unspecified atom stereocenters. The lowest BCUT2D eigenvalue weighted by atomic mass is 10.1. The summed E-state index contributed by atoms with van der Waals surface area (Å²) in [6.07, 6.45) is -0.457. The molecule has 0 aromatic heterocycles. The van der Waals surface area contributed by atoms with Crippen LogP contribution in [0.5, 0.6) is 0 Å². The predicted molar refractivity (Wildman–Crippen MR) is 90.5 cm³/mol. The molecule has 0 spiro atoms. The maximum atomic E-state index is 12.5. The van der Waals surface area contributed by atoms with Gasteiger partial charge >= 0.3 is 12.1 Å². The fourth-order valence-corrected chi connectivity index (χ4v) is 2.36. The van der Waals surface area contributed by atoms with Crippen LogP contribution >= 0.6 is 0 Å². The van der Waals surface area contributed by atoms with Gasteiger partial charge in [-0.25, -0.2) is 9.59 Å². The van der Waals surface area contributed by atoms with E-state index in [0.717, 1.165) is 6.54 Å². The molecule has 0 aromatic rings. The lowest BCUT2D eigenvalue weighted by Crippen LogP contribution is -2.61. The summed E-state index contributed by atoms with van der Waals surface area (Å²) < 4.78 is 5.25. The number of carbonyl (C=O) groups excluding carboxylic acids is 2. The molecular formula is C16H32N4O3. The molecule has 1 heterocycles. The SMILES string of the molecule is CN1CCN(C(=O)NC(C)(C)C)C(CNC(=O)OC(C)(C)C)C1. The minimum atomic E-state index is -0.531. The fraction of sp³-hybridized carbons (Fsp3) is 0.875. The number of hydrogen-bond donors (Lipinski definition) is 2. The Morgan fingerprint density at radius 3 is 2.26 bits per heavy atom. The van der Waals surface area contributed by atoms with Crippen molar-refractivity contribution in [2.45, 2.75) is 58.7 Å². The first-order valence-electron chi connectivity index (χ1n) is 8.11. The van der Waals surface area contributed by atoms with Crippen LogP contribution < -0.4 is 10.6 Å². The van der Waals surface area contributed by atoms with Crippen molar-refractivity contribution in [1.29, 1.82) is 0 Å². The largest absolute Gasteiger partial charge is 0.444 e. The highest BCUT2D eigenvalue weighted by Gasteiger charge is 2.31. The van der Waals surface area contributed by atoms with Crippen molar-refractivity contribution in [3.63, 3.8) is 0 Å². The molecule has 1 rings (SSSR count). The van der Waals surface area contributed by atoms with E-state index in [0.29, 0.717) is 19.6 Å². The molecule has 1 aliphatic rings. The second-order valence-electron chi connectivity index (χ2n) is 8.17. The number of amides is 3. The van der Waals surface area contributed by atoms with Gasteiger partial charge in [0.25, 0.3) is 0 Å². The number of urea groups is 1. The molecular weight excluding hydrogens is 296 g/mol. The molecule has 134 valence electrons. The van der Waals surface area contributed by atoms with Crippen molar-refractivity contribution >= 4 is 12.1 Å². The Morgan fingerprint density at radius 2 is 1.74 bits per heavy atom. The molecule has 0 bridgehead atoms. The van der Waals surface area contributed by atoms with Crippen molar-refractivity contribution in [1.82, 2.24) is 20.4 Å². The quantitative estimate of drug-likeness (QED) is 0.808. The number of ether oxygens (including phenoxy) is 1. The second kappa shape index (κ2) is 7.38. The maximum Gasteiger partial charge on any atom is 0.407 e. The molecule has 7 nitrogen and oxygen atoms in total. The van der Waals surface area contributed by atoms with Gasteiger partial charge in [-0.05, 0) is 48.6 Å². The van der Waals surface area contributed by atoms with Crippen LogP contribution in [-0.4, -0.2) is 72.3 Å². The van der Waals surface area contributed by atoms with Crippen LogP contribution in [0.2, 0.25) is 0 Å². The summed E-state index contributed by atoms with van der Waals surface area (Å²) >= 11 is 0. The van der Waals surface area contributed by atoms with Crippen molar-refractivity contribution < 1.29 is 14.3 Å². The molecule has 2 N–H and O–H groups in total. The Bertz CT molecular complexity index is 426. The molecule has 0 aliphatic carbocycles. The van der Waals surface area contributed by atoms with E-state index in [2.05, 4.69) is 15.5 Å². The van der Waals surface area contributed by atoms with Gasteiger partial charge in [-0.3, -0.25) is 0 Å². The molecule has 3 amide bonds. The van der Waals surface area contributed by atoms with E-state index < -0.39 is 11.7 Å². The van der Waals surface area contributed by atoms with Gasteiger partial charge in [0.1, 0.15) is 5.60 Å². The first-order valence-corrected chi connectivity index (χ1v) is 8.11. The molecule has 0 aromatic carbocycles. The highest BCUT2D eigenvalue weighted by atomic mass is 16.6. The van der Waals surface area contributed by atoms with E-state index >= 15 is 0 Å². The molecule has 1 saturated heterocycles. The van der Waals surface area contributed by atoms with E-state index in [9.17, 15) is 9.59 Å². The van der Waals surface area contributed by atoms with Gasteiger partial charge in [0.15, 0.2) is 0 Å². The molecule has 7 heteroatoms. The number of nitrogens with zero attached hydrogens (tertiary/aromatic N) is 2. The zero-order valence-corrected chi connectivity index (χ0v) is 15.5. The number of nitrogens with one attached hydrogen (secondary N) is 2. The predicted octanol–water partition coefficient (Wildman–Crippen LogP) is 1.64. The van der Waals surface area contributed by atoms with Gasteiger partial charge in [-0.15, -0.1) is 0 Å². The first kappa shape index (κ1) is 19.5. The number of likely N-dealkylation sites (N-methyl/N-ethyl adjacent to an activating group) is 1. The van der Waals surface area contributed by atoms with Crippen molar-refractivity contribution in [3.05, 3.63) is 0 Å². The van der Waals surface area contributed by atoms with Crippen LogP contribution in [0.25, 0.3) is 0 Å². The van der Waals surface area contributed by atoms with Gasteiger partial charge in [0, 0.05) is 31.7 Å². The summed E-state index contributed by atoms with van der Waals surface area (Å²) in [6.45, 7) is 13.9. The van der Waals surface area contributed by atoms with E-state index in [1.807, 2.05) is 48.6 Å². The summed E-state index contributed by atoms with van der Waals surface area (Å²) in [4.78, 5) is 28.2. The van der Waals surface area contributed by atoms with Crippen molar-refractivity contribution in [3.8, 4) is 0 Å². The van der Waals surface area contributed by atoms with E-state index in [4.69, 9.17) is 4.74 Å². The third-order valence-electron chi connectivity index (χ3n) is 3.31. The first-order chi connectivity index (χ1) is 10.4. The van der Waals surface area contributed by atoms with Crippen LogP contribution in [0.15, 0.2) is 0 Å². The Balaban J connectivity index is 2.63. The van der Waals surface area contributed by atoms with E-state index in [-0.39, 0.29) is 17.6 Å². The van der Waals surface area contributed by atoms with Crippen LogP contribution in [0.4, 0.5) is 9.59 Å². The number of piperazine rings is 1. The van der Waals surface area contributed by atoms with Crippen LogP contribution in [0.1, 0.15) is 41.5 Å². The molecule has 0 saturated carbocycles. The normalized spacial score (nSPS) is 20.1. The molecule has 1 fully saturated rings. The van der Waals surface area contributed by atoms with Gasteiger partial charge < -0.3 is 25.2 Å². The van der Waals surface area contributed by atoms with Crippen molar-refractivity contribution in [2.24, 2.45) is 0 Å². The van der Waals surface area contributed by atoms with Gasteiger partial charge in [0.05, 0.1) is 6.04 Å². The standard InChI is InChI=1S/C16H32N4O3/c1-15(2,3)18-13(21)20-9-8-19(7)11-12(20)10-17-14(22)23-16(4,5)6/h12H,8-11H2,1-7H3,(H,17,22)(H,18,21). The monoisotopic (exact) mass is 328 g/mol. The second-order valence-corrected chi connectivity index (χ2v) is 8.17. The molecule has 1 atom stereocenters. The summed E-state index contributed by atoms with van der Waals surface area (Å²) in [6, 6.07) is -0.176. The fourth-order valence-electron chi connectivity index (χ4n) is 2.36. The Hall–Kier alpha value is -1.50. The topological polar surface area (TPSA) is 73.9 Å². The van der Waals surface area contributed by atoms with Crippen LogP contribution in [-0.2, 0) is 4.74 Å². The van der Waals surface area contributed by atoms with Gasteiger partial charge in [0.2, 0.25) is 0 Å².